The van der Waals surface area contributed by atoms with Gasteiger partial charge in [0.2, 0.25) is 0 Å². The molecular formula is C8H9ClN2. The monoisotopic (exact) mass is 168 g/mol. The van der Waals surface area contributed by atoms with Crippen molar-refractivity contribution in [1.29, 1.82) is 5.26 Å². The molecule has 58 valence electrons. The average molecular weight is 169 g/mol. The Morgan fingerprint density at radius 2 is 2.27 bits per heavy atom. The second-order valence-corrected chi connectivity index (χ2v) is 2.24. The van der Waals surface area contributed by atoms with Crippen molar-refractivity contribution in [1.82, 2.24) is 4.98 Å². The van der Waals surface area contributed by atoms with Crippen molar-refractivity contribution >= 4 is 11.6 Å². The zero-order valence-corrected chi connectivity index (χ0v) is 5.97. The highest BCUT2D eigenvalue weighted by Gasteiger charge is 1.90. The van der Waals surface area contributed by atoms with E-state index >= 15 is 0 Å². The molecular weight excluding hydrogens is 160 g/mol. The zero-order chi connectivity index (χ0) is 7.40. The van der Waals surface area contributed by atoms with E-state index < -0.39 is 0 Å². The quantitative estimate of drug-likeness (QED) is 0.646. The number of hydrogen-bond acceptors (Lipinski definition) is 2. The van der Waals surface area contributed by atoms with Crippen LogP contribution in [0.4, 0.5) is 0 Å². The predicted molar refractivity (Wildman–Crippen MR) is 45.3 cm³/mol. The first-order chi connectivity index (χ1) is 4.83. The second kappa shape index (κ2) is 4.70. The molecule has 1 heterocycles. The number of pyridine rings is 1. The Labute approximate surface area is 71.4 Å². The van der Waals surface area contributed by atoms with E-state index in [4.69, 9.17) is 16.9 Å². The van der Waals surface area contributed by atoms with Crippen LogP contribution in [-0.4, -0.2) is 4.98 Å². The smallest absolute Gasteiger partial charge is 0.0774 e. The predicted octanol–water partition coefficient (Wildman–Crippen LogP) is 2.44. The summed E-state index contributed by atoms with van der Waals surface area (Å²) >= 11 is 5.57. The fourth-order valence-corrected chi connectivity index (χ4v) is 0.704. The minimum absolute atomic E-state index is 0. The maximum Gasteiger partial charge on any atom is 0.0774 e. The maximum absolute atomic E-state index is 8.27. The van der Waals surface area contributed by atoms with Gasteiger partial charge in [0.05, 0.1) is 23.2 Å². The van der Waals surface area contributed by atoms with Gasteiger partial charge in [-0.15, -0.1) is 0 Å². The van der Waals surface area contributed by atoms with Crippen molar-refractivity contribution in [3.8, 4) is 6.07 Å². The van der Waals surface area contributed by atoms with Gasteiger partial charge in [0, 0.05) is 6.20 Å². The van der Waals surface area contributed by atoms with Crippen LogP contribution >= 0.6 is 11.6 Å². The summed E-state index contributed by atoms with van der Waals surface area (Å²) in [5, 5.41) is 8.86. The molecule has 2 nitrogen and oxygen atoms in total. The number of aromatic nitrogens is 1. The highest BCUT2D eigenvalue weighted by atomic mass is 35.5. The van der Waals surface area contributed by atoms with Crippen LogP contribution in [0.25, 0.3) is 0 Å². The van der Waals surface area contributed by atoms with E-state index in [0.29, 0.717) is 11.4 Å². The Bertz CT molecular complexity index is 248. The molecule has 1 aromatic heterocycles. The molecule has 0 fully saturated rings. The molecule has 0 aromatic carbocycles. The molecule has 0 N–H and O–H groups in total. The summed E-state index contributed by atoms with van der Waals surface area (Å²) in [6.45, 7) is 0. The Hall–Kier alpha value is -1.07. The van der Waals surface area contributed by atoms with Gasteiger partial charge >= 0.3 is 0 Å². The number of nitriles is 1. The van der Waals surface area contributed by atoms with Crippen LogP contribution in [0.3, 0.4) is 0 Å². The lowest BCUT2D eigenvalue weighted by atomic mass is 10.3. The third kappa shape index (κ3) is 3.01. The third-order valence-corrected chi connectivity index (χ3v) is 1.27. The van der Waals surface area contributed by atoms with Crippen LogP contribution in [0.5, 0.6) is 0 Å². The first-order valence-corrected chi connectivity index (χ1v) is 3.18. The van der Waals surface area contributed by atoms with Crippen LogP contribution < -0.4 is 0 Å². The molecule has 0 amide bonds. The molecule has 11 heavy (non-hydrogen) atoms. The van der Waals surface area contributed by atoms with Crippen molar-refractivity contribution in [2.75, 3.05) is 0 Å². The van der Waals surface area contributed by atoms with E-state index in [9.17, 15) is 0 Å². The average Bonchev–Trinajstić information content (AvgIpc) is 1.95. The molecule has 0 unspecified atom stereocenters. The van der Waals surface area contributed by atoms with Gasteiger partial charge in [-0.3, -0.25) is 4.98 Å². The Balaban J connectivity index is 0.000001000. The Morgan fingerprint density at radius 3 is 2.73 bits per heavy atom. The second-order valence-electron chi connectivity index (χ2n) is 1.80. The number of halogens is 1. The fourth-order valence-electron chi connectivity index (χ4n) is 0.592. The largest absolute Gasteiger partial charge is 0.259 e. The maximum atomic E-state index is 8.27. The Kier molecular flexibility index (Phi) is 4.24. The Morgan fingerprint density at radius 1 is 1.55 bits per heavy atom. The summed E-state index contributed by atoms with van der Waals surface area (Å²) in [5.74, 6) is 0. The molecule has 0 atom stereocenters. The van der Waals surface area contributed by atoms with Crippen molar-refractivity contribution in [3.05, 3.63) is 29.0 Å². The van der Waals surface area contributed by atoms with Gasteiger partial charge in [0.15, 0.2) is 0 Å². The summed E-state index contributed by atoms with van der Waals surface area (Å²) in [7, 11) is 0. The highest BCUT2D eigenvalue weighted by Crippen LogP contribution is 2.05. The van der Waals surface area contributed by atoms with Crippen molar-refractivity contribution in [3.63, 3.8) is 0 Å². The normalized spacial score (nSPS) is 8.00. The van der Waals surface area contributed by atoms with Gasteiger partial charge in [-0.25, -0.2) is 0 Å². The zero-order valence-electron chi connectivity index (χ0n) is 5.21. The SMILES string of the molecule is C.N#CCc1ccc(Cl)cn1. The number of hydrogen-bond donors (Lipinski definition) is 0. The minimum Gasteiger partial charge on any atom is -0.259 e. The molecule has 0 bridgehead atoms. The minimum atomic E-state index is 0. The van der Waals surface area contributed by atoms with Gasteiger partial charge in [-0.2, -0.15) is 5.26 Å². The molecule has 0 saturated carbocycles. The summed E-state index contributed by atoms with van der Waals surface area (Å²) in [6, 6.07) is 5.46. The first-order valence-electron chi connectivity index (χ1n) is 2.80. The molecule has 1 rings (SSSR count). The van der Waals surface area contributed by atoms with Gasteiger partial charge in [-0.1, -0.05) is 19.0 Å². The number of nitrogens with zero attached hydrogens (tertiary/aromatic N) is 2. The van der Waals surface area contributed by atoms with Gasteiger partial charge < -0.3 is 0 Å². The standard InChI is InChI=1S/C7H5ClN2.CH4/c8-6-1-2-7(3-4-9)10-5-6;/h1-2,5H,3H2;1H4. The van der Waals surface area contributed by atoms with Crippen LogP contribution in [-0.2, 0) is 6.42 Å². The highest BCUT2D eigenvalue weighted by molar-refractivity contribution is 6.30. The topological polar surface area (TPSA) is 36.7 Å². The number of rotatable bonds is 1. The molecule has 1 aromatic rings. The van der Waals surface area contributed by atoms with Gasteiger partial charge in [0.25, 0.3) is 0 Å². The van der Waals surface area contributed by atoms with Crippen LogP contribution in [0.2, 0.25) is 5.02 Å². The van der Waals surface area contributed by atoms with Crippen LogP contribution in [0, 0.1) is 11.3 Å². The van der Waals surface area contributed by atoms with E-state index in [-0.39, 0.29) is 7.43 Å². The third-order valence-electron chi connectivity index (χ3n) is 1.05. The van der Waals surface area contributed by atoms with Crippen molar-refractivity contribution in [2.24, 2.45) is 0 Å². The molecule has 0 spiro atoms. The molecule has 0 saturated heterocycles. The van der Waals surface area contributed by atoms with Crippen LogP contribution in [0.1, 0.15) is 13.1 Å². The van der Waals surface area contributed by atoms with E-state index in [0.717, 1.165) is 5.69 Å². The molecule has 0 aliphatic heterocycles. The summed E-state index contributed by atoms with van der Waals surface area (Å²) in [5.41, 5.74) is 0.756. The summed E-state index contributed by atoms with van der Waals surface area (Å²) in [4.78, 5) is 3.91. The van der Waals surface area contributed by atoms with E-state index in [1.165, 1.54) is 6.20 Å². The van der Waals surface area contributed by atoms with Crippen molar-refractivity contribution in [2.45, 2.75) is 13.8 Å². The lowest BCUT2D eigenvalue weighted by Gasteiger charge is -1.90. The van der Waals surface area contributed by atoms with Gasteiger partial charge in [0.1, 0.15) is 0 Å². The first kappa shape index (κ1) is 9.93. The molecule has 0 radical (unpaired) electrons. The van der Waals surface area contributed by atoms with Gasteiger partial charge in [-0.05, 0) is 12.1 Å². The molecule has 0 aliphatic carbocycles. The van der Waals surface area contributed by atoms with Crippen molar-refractivity contribution < 1.29 is 0 Å². The van der Waals surface area contributed by atoms with E-state index in [2.05, 4.69) is 4.98 Å². The summed E-state index contributed by atoms with van der Waals surface area (Å²) in [6.07, 6.45) is 1.88. The summed E-state index contributed by atoms with van der Waals surface area (Å²) < 4.78 is 0. The molecule has 0 aliphatic rings. The molecule has 3 heteroatoms. The fraction of sp³-hybridized carbons (Fsp3) is 0.250. The van der Waals surface area contributed by atoms with E-state index in [1.54, 1.807) is 12.1 Å². The van der Waals surface area contributed by atoms with E-state index in [1.807, 2.05) is 6.07 Å². The lowest BCUT2D eigenvalue weighted by Crippen LogP contribution is -1.84. The lowest BCUT2D eigenvalue weighted by molar-refractivity contribution is 1.12. The van der Waals surface area contributed by atoms with Crippen LogP contribution in [0.15, 0.2) is 18.3 Å².